The lowest BCUT2D eigenvalue weighted by Gasteiger charge is -2.04. The van der Waals surface area contributed by atoms with Crippen molar-refractivity contribution in [3.8, 4) is 5.75 Å². The Morgan fingerprint density at radius 1 is 1.62 bits per heavy atom. The molecule has 0 saturated heterocycles. The van der Waals surface area contributed by atoms with Gasteiger partial charge in [-0.25, -0.2) is 0 Å². The van der Waals surface area contributed by atoms with Crippen LogP contribution < -0.4 is 15.9 Å². The van der Waals surface area contributed by atoms with E-state index in [9.17, 15) is 0 Å². The van der Waals surface area contributed by atoms with E-state index in [1.54, 1.807) is 18.3 Å². The first-order valence-corrected chi connectivity index (χ1v) is 5.05. The molecule has 0 aliphatic rings. The van der Waals surface area contributed by atoms with E-state index >= 15 is 0 Å². The van der Waals surface area contributed by atoms with Gasteiger partial charge in [0.1, 0.15) is 12.4 Å². The maximum Gasteiger partial charge on any atom is 0.184 e. The molecule has 0 aliphatic carbocycles. The molecule has 0 saturated carbocycles. The largest absolute Gasteiger partial charge is 0.491 e. The molecule has 0 aliphatic heterocycles. The predicted octanol–water partition coefficient (Wildman–Crippen LogP) is 0.225. The lowest BCUT2D eigenvalue weighted by molar-refractivity contribution is 0.201. The van der Waals surface area contributed by atoms with Gasteiger partial charge in [0.15, 0.2) is 5.11 Å². The normalized spacial score (nSPS) is 10.3. The van der Waals surface area contributed by atoms with Crippen LogP contribution in [0, 0.1) is 0 Å². The first-order chi connectivity index (χ1) is 7.72. The van der Waals surface area contributed by atoms with Crippen molar-refractivity contribution in [3.63, 3.8) is 0 Å². The van der Waals surface area contributed by atoms with Gasteiger partial charge in [0.25, 0.3) is 0 Å². The molecule has 0 amide bonds. The van der Waals surface area contributed by atoms with E-state index in [-0.39, 0.29) is 18.3 Å². The van der Waals surface area contributed by atoms with Crippen molar-refractivity contribution < 1.29 is 9.84 Å². The summed E-state index contributed by atoms with van der Waals surface area (Å²) in [7, 11) is 0. The highest BCUT2D eigenvalue weighted by Crippen LogP contribution is 2.11. The van der Waals surface area contributed by atoms with Crippen molar-refractivity contribution >= 4 is 23.5 Å². The van der Waals surface area contributed by atoms with Gasteiger partial charge in [-0.3, -0.25) is 5.43 Å². The fourth-order valence-electron chi connectivity index (χ4n) is 1.02. The van der Waals surface area contributed by atoms with Gasteiger partial charge >= 0.3 is 0 Å². The number of hydrazone groups is 1. The van der Waals surface area contributed by atoms with Crippen LogP contribution in [0.2, 0.25) is 0 Å². The Morgan fingerprint density at radius 3 is 3.12 bits per heavy atom. The van der Waals surface area contributed by atoms with Gasteiger partial charge in [0.05, 0.1) is 12.8 Å². The van der Waals surface area contributed by atoms with Crippen LogP contribution in [0.25, 0.3) is 0 Å². The third-order valence-electron chi connectivity index (χ3n) is 1.61. The van der Waals surface area contributed by atoms with Gasteiger partial charge in [-0.05, 0) is 29.9 Å². The van der Waals surface area contributed by atoms with Crippen molar-refractivity contribution in [2.24, 2.45) is 10.8 Å². The molecule has 0 spiro atoms. The topological polar surface area (TPSA) is 79.9 Å². The molecule has 5 nitrogen and oxygen atoms in total. The highest BCUT2D eigenvalue weighted by molar-refractivity contribution is 7.80. The molecule has 0 atom stereocenters. The SMILES string of the molecule is NC(=S)NN=Cc1cccc(OCCO)c1. The molecule has 16 heavy (non-hydrogen) atoms. The monoisotopic (exact) mass is 239 g/mol. The molecule has 1 aromatic carbocycles. The van der Waals surface area contributed by atoms with Gasteiger partial charge in [0, 0.05) is 0 Å². The molecule has 1 rings (SSSR count). The molecule has 0 bridgehead atoms. The highest BCUT2D eigenvalue weighted by atomic mass is 32.1. The summed E-state index contributed by atoms with van der Waals surface area (Å²) in [5.74, 6) is 0.674. The zero-order valence-corrected chi connectivity index (χ0v) is 9.41. The Kier molecular flexibility index (Phi) is 5.24. The Bertz CT molecular complexity index is 382. The standard InChI is InChI=1S/C10H13N3O2S/c11-10(16)13-12-7-8-2-1-3-9(6-8)15-5-4-14/h1-3,6-7,14H,4-5H2,(H3,11,13,16). The Hall–Kier alpha value is -1.66. The summed E-state index contributed by atoms with van der Waals surface area (Å²) in [5, 5.41) is 12.5. The Labute approximate surface area is 98.9 Å². The third kappa shape index (κ3) is 4.72. The summed E-state index contributed by atoms with van der Waals surface area (Å²) in [6.45, 7) is 0.257. The molecule has 0 radical (unpaired) electrons. The van der Waals surface area contributed by atoms with Gasteiger partial charge in [-0.1, -0.05) is 12.1 Å². The first kappa shape index (κ1) is 12.4. The summed E-state index contributed by atoms with van der Waals surface area (Å²) in [5.41, 5.74) is 8.51. The zero-order chi connectivity index (χ0) is 11.8. The summed E-state index contributed by atoms with van der Waals surface area (Å²) in [6.07, 6.45) is 1.57. The van der Waals surface area contributed by atoms with E-state index in [4.69, 9.17) is 15.6 Å². The number of rotatable bonds is 5. The van der Waals surface area contributed by atoms with Crippen molar-refractivity contribution in [1.29, 1.82) is 0 Å². The highest BCUT2D eigenvalue weighted by Gasteiger charge is 1.94. The number of hydrogen-bond donors (Lipinski definition) is 3. The van der Waals surface area contributed by atoms with E-state index in [1.807, 2.05) is 12.1 Å². The number of nitrogens with two attached hydrogens (primary N) is 1. The number of thiocarbonyl (C=S) groups is 1. The number of aliphatic hydroxyl groups excluding tert-OH is 1. The van der Waals surface area contributed by atoms with Crippen LogP contribution in [0.4, 0.5) is 0 Å². The van der Waals surface area contributed by atoms with Crippen LogP contribution in [0.5, 0.6) is 5.75 Å². The smallest absolute Gasteiger partial charge is 0.184 e. The van der Waals surface area contributed by atoms with Gasteiger partial charge in [-0.2, -0.15) is 5.10 Å². The van der Waals surface area contributed by atoms with E-state index in [0.29, 0.717) is 5.75 Å². The van der Waals surface area contributed by atoms with Crippen LogP contribution in [0.1, 0.15) is 5.56 Å². The molecule has 0 heterocycles. The van der Waals surface area contributed by atoms with Crippen LogP contribution in [-0.2, 0) is 0 Å². The van der Waals surface area contributed by atoms with E-state index < -0.39 is 0 Å². The summed E-state index contributed by atoms with van der Waals surface area (Å²) in [6, 6.07) is 7.28. The van der Waals surface area contributed by atoms with Gasteiger partial charge in [-0.15, -0.1) is 0 Å². The minimum atomic E-state index is -0.0126. The maximum atomic E-state index is 8.61. The van der Waals surface area contributed by atoms with Crippen LogP contribution >= 0.6 is 12.2 Å². The molecule has 1 aromatic rings. The lowest BCUT2D eigenvalue weighted by Crippen LogP contribution is -2.23. The Balaban J connectivity index is 2.59. The van der Waals surface area contributed by atoms with Crippen LogP contribution in [-0.4, -0.2) is 29.6 Å². The fourth-order valence-corrected chi connectivity index (χ4v) is 1.07. The molecule has 0 fully saturated rings. The lowest BCUT2D eigenvalue weighted by atomic mass is 10.2. The molecule has 0 unspecified atom stereocenters. The molecular weight excluding hydrogens is 226 g/mol. The number of nitrogens with zero attached hydrogens (tertiary/aromatic N) is 1. The second-order valence-corrected chi connectivity index (χ2v) is 3.32. The van der Waals surface area contributed by atoms with Crippen LogP contribution in [0.15, 0.2) is 29.4 Å². The quantitative estimate of drug-likeness (QED) is 0.389. The van der Waals surface area contributed by atoms with Crippen molar-refractivity contribution in [2.75, 3.05) is 13.2 Å². The van der Waals surface area contributed by atoms with Crippen LogP contribution in [0.3, 0.4) is 0 Å². The zero-order valence-electron chi connectivity index (χ0n) is 8.59. The minimum absolute atomic E-state index is 0.0126. The van der Waals surface area contributed by atoms with Gasteiger partial charge in [0.2, 0.25) is 0 Å². The molecule has 4 N–H and O–H groups in total. The minimum Gasteiger partial charge on any atom is -0.491 e. The number of aliphatic hydroxyl groups is 1. The second-order valence-electron chi connectivity index (χ2n) is 2.88. The first-order valence-electron chi connectivity index (χ1n) is 4.64. The second kappa shape index (κ2) is 6.76. The summed E-state index contributed by atoms with van der Waals surface area (Å²) < 4.78 is 5.24. The van der Waals surface area contributed by atoms with Crippen molar-refractivity contribution in [3.05, 3.63) is 29.8 Å². The fraction of sp³-hybridized carbons (Fsp3) is 0.200. The van der Waals surface area contributed by atoms with E-state index in [0.717, 1.165) is 5.56 Å². The molecular formula is C10H13N3O2S. The molecule has 86 valence electrons. The average molecular weight is 239 g/mol. The Morgan fingerprint density at radius 2 is 2.44 bits per heavy atom. The average Bonchev–Trinajstić information content (AvgIpc) is 2.26. The number of hydrogen-bond acceptors (Lipinski definition) is 4. The number of nitrogens with one attached hydrogen (secondary N) is 1. The van der Waals surface area contributed by atoms with Gasteiger partial charge < -0.3 is 15.6 Å². The number of benzene rings is 1. The van der Waals surface area contributed by atoms with E-state index in [2.05, 4.69) is 22.7 Å². The van der Waals surface area contributed by atoms with Crippen molar-refractivity contribution in [2.45, 2.75) is 0 Å². The summed E-state index contributed by atoms with van der Waals surface area (Å²) in [4.78, 5) is 0. The van der Waals surface area contributed by atoms with Crippen molar-refractivity contribution in [1.82, 2.24) is 5.43 Å². The summed E-state index contributed by atoms with van der Waals surface area (Å²) >= 11 is 4.59. The molecule has 0 aromatic heterocycles. The maximum absolute atomic E-state index is 8.61. The van der Waals surface area contributed by atoms with E-state index in [1.165, 1.54) is 0 Å². The molecule has 6 heteroatoms. The predicted molar refractivity (Wildman–Crippen MR) is 66.5 cm³/mol. The third-order valence-corrected chi connectivity index (χ3v) is 1.70. The number of ether oxygens (including phenoxy) is 1.